The molecule has 142 valence electrons. The molecule has 1 fully saturated rings. The number of hydrogen-bond acceptors (Lipinski definition) is 6. The van der Waals surface area contributed by atoms with Crippen molar-refractivity contribution in [3.63, 3.8) is 0 Å². The molecule has 2 amide bonds. The van der Waals surface area contributed by atoms with Crippen molar-refractivity contribution in [3.05, 3.63) is 0 Å². The number of hydrogen-bond donors (Lipinski definition) is 6. The van der Waals surface area contributed by atoms with Crippen LogP contribution in [0.4, 0.5) is 0 Å². The zero-order valence-corrected chi connectivity index (χ0v) is 13.9. The second-order valence-corrected chi connectivity index (χ2v) is 5.83. The minimum atomic E-state index is -1.40. The van der Waals surface area contributed by atoms with Gasteiger partial charge in [0.25, 0.3) is 0 Å². The normalized spacial score (nSPS) is 19.1. The number of nitrogens with two attached hydrogens (primary N) is 3. The van der Waals surface area contributed by atoms with Crippen LogP contribution in [0.2, 0.25) is 0 Å². The topological polar surface area (TPSA) is 197 Å². The lowest BCUT2D eigenvalue weighted by Gasteiger charge is -2.27. The number of nitrogens with one attached hydrogen (secondary N) is 1. The molecule has 1 saturated heterocycles. The third kappa shape index (κ3) is 6.19. The Bertz CT molecular complexity index is 522. The van der Waals surface area contributed by atoms with Crippen LogP contribution in [0.25, 0.3) is 0 Å². The molecule has 11 heteroatoms. The number of carboxylic acid groups (broad SMARTS) is 1. The largest absolute Gasteiger partial charge is 0.480 e. The number of aliphatic hydroxyl groups excluding tert-OH is 1. The Morgan fingerprint density at radius 2 is 2.00 bits per heavy atom. The SMILES string of the molecule is NC(N)=NCCC[C@H](N)C(=O)N1CCC[C@H]1C(=O)N[C@@H](CO)C(=O)O. The molecule has 0 bridgehead atoms. The fourth-order valence-electron chi connectivity index (χ4n) is 2.61. The van der Waals surface area contributed by atoms with Gasteiger partial charge in [-0.15, -0.1) is 0 Å². The molecule has 1 heterocycles. The predicted octanol–water partition coefficient (Wildman–Crippen LogP) is -3.08. The predicted molar refractivity (Wildman–Crippen MR) is 89.3 cm³/mol. The van der Waals surface area contributed by atoms with Crippen LogP contribution in [0.15, 0.2) is 4.99 Å². The van der Waals surface area contributed by atoms with Gasteiger partial charge in [-0.3, -0.25) is 14.6 Å². The molecule has 0 aromatic carbocycles. The van der Waals surface area contributed by atoms with E-state index in [1.54, 1.807) is 0 Å². The monoisotopic (exact) mass is 358 g/mol. The Hall–Kier alpha value is -2.40. The fraction of sp³-hybridized carbons (Fsp3) is 0.714. The molecule has 0 aliphatic carbocycles. The van der Waals surface area contributed by atoms with Gasteiger partial charge in [-0.2, -0.15) is 0 Å². The Labute approximate surface area is 145 Å². The van der Waals surface area contributed by atoms with Gasteiger partial charge in [0.15, 0.2) is 5.96 Å². The highest BCUT2D eigenvalue weighted by Gasteiger charge is 2.37. The number of aliphatic imine (C=N–C) groups is 1. The maximum absolute atomic E-state index is 12.4. The van der Waals surface area contributed by atoms with Crippen molar-refractivity contribution in [1.29, 1.82) is 0 Å². The molecule has 25 heavy (non-hydrogen) atoms. The Kier molecular flexibility index (Phi) is 8.08. The number of amides is 2. The van der Waals surface area contributed by atoms with E-state index in [4.69, 9.17) is 27.4 Å². The van der Waals surface area contributed by atoms with Crippen LogP contribution in [-0.2, 0) is 14.4 Å². The van der Waals surface area contributed by atoms with Gasteiger partial charge < -0.3 is 37.6 Å². The third-order valence-electron chi connectivity index (χ3n) is 3.92. The summed E-state index contributed by atoms with van der Waals surface area (Å²) >= 11 is 0. The number of guanidine groups is 1. The second-order valence-electron chi connectivity index (χ2n) is 5.83. The van der Waals surface area contributed by atoms with Gasteiger partial charge in [-0.25, -0.2) is 4.79 Å². The van der Waals surface area contributed by atoms with Gasteiger partial charge in [-0.05, 0) is 25.7 Å². The number of rotatable bonds is 9. The van der Waals surface area contributed by atoms with E-state index in [-0.39, 0.29) is 11.9 Å². The van der Waals surface area contributed by atoms with Crippen LogP contribution in [-0.4, -0.2) is 76.7 Å². The van der Waals surface area contributed by atoms with E-state index in [0.29, 0.717) is 38.8 Å². The number of carbonyl (C=O) groups is 3. The van der Waals surface area contributed by atoms with Gasteiger partial charge in [-0.1, -0.05) is 0 Å². The highest BCUT2D eigenvalue weighted by Crippen LogP contribution is 2.19. The summed E-state index contributed by atoms with van der Waals surface area (Å²) in [5.74, 6) is -2.37. The lowest BCUT2D eigenvalue weighted by atomic mass is 10.1. The molecule has 1 rings (SSSR count). The van der Waals surface area contributed by atoms with E-state index in [1.165, 1.54) is 4.90 Å². The maximum Gasteiger partial charge on any atom is 0.328 e. The first-order valence-corrected chi connectivity index (χ1v) is 8.03. The van der Waals surface area contributed by atoms with Crippen molar-refractivity contribution in [3.8, 4) is 0 Å². The number of aliphatic carboxylic acids is 1. The number of likely N-dealkylation sites (tertiary alicyclic amines) is 1. The van der Waals surface area contributed by atoms with Crippen LogP contribution < -0.4 is 22.5 Å². The Morgan fingerprint density at radius 3 is 2.56 bits per heavy atom. The molecule has 0 aromatic heterocycles. The average molecular weight is 358 g/mol. The minimum Gasteiger partial charge on any atom is -0.480 e. The van der Waals surface area contributed by atoms with Gasteiger partial charge in [0.05, 0.1) is 12.6 Å². The summed E-state index contributed by atoms with van der Waals surface area (Å²) in [6.45, 7) is -0.00848. The van der Waals surface area contributed by atoms with Crippen molar-refractivity contribution < 1.29 is 24.6 Å². The van der Waals surface area contributed by atoms with Crippen molar-refractivity contribution in [2.24, 2.45) is 22.2 Å². The summed E-state index contributed by atoms with van der Waals surface area (Å²) < 4.78 is 0. The molecule has 0 unspecified atom stereocenters. The van der Waals surface area contributed by atoms with E-state index in [1.807, 2.05) is 0 Å². The summed E-state index contributed by atoms with van der Waals surface area (Å²) in [5.41, 5.74) is 16.3. The summed E-state index contributed by atoms with van der Waals surface area (Å²) in [4.78, 5) is 40.7. The molecule has 1 aliphatic heterocycles. The zero-order valence-electron chi connectivity index (χ0n) is 13.9. The van der Waals surface area contributed by atoms with Crippen molar-refractivity contribution in [1.82, 2.24) is 10.2 Å². The van der Waals surface area contributed by atoms with E-state index in [0.717, 1.165) is 0 Å². The second kappa shape index (κ2) is 9.79. The number of carboxylic acids is 1. The van der Waals surface area contributed by atoms with Crippen LogP contribution in [0, 0.1) is 0 Å². The van der Waals surface area contributed by atoms with Crippen LogP contribution in [0.5, 0.6) is 0 Å². The van der Waals surface area contributed by atoms with E-state index < -0.39 is 36.6 Å². The molecule has 1 aliphatic rings. The van der Waals surface area contributed by atoms with Crippen molar-refractivity contribution >= 4 is 23.7 Å². The molecule has 9 N–H and O–H groups in total. The first-order valence-electron chi connectivity index (χ1n) is 8.03. The van der Waals surface area contributed by atoms with Crippen LogP contribution >= 0.6 is 0 Å². The quantitative estimate of drug-likeness (QED) is 0.142. The summed E-state index contributed by atoms with van der Waals surface area (Å²) in [7, 11) is 0. The first kappa shape index (κ1) is 20.6. The summed E-state index contributed by atoms with van der Waals surface area (Å²) in [6, 6.07) is -2.99. The maximum atomic E-state index is 12.4. The number of aliphatic hydroxyl groups is 1. The Morgan fingerprint density at radius 1 is 1.32 bits per heavy atom. The van der Waals surface area contributed by atoms with Crippen molar-refractivity contribution in [2.45, 2.75) is 43.8 Å². The zero-order chi connectivity index (χ0) is 19.0. The first-order chi connectivity index (χ1) is 11.8. The lowest BCUT2D eigenvalue weighted by molar-refractivity contribution is -0.145. The molecule has 0 aromatic rings. The fourth-order valence-corrected chi connectivity index (χ4v) is 2.61. The highest BCUT2D eigenvalue weighted by molar-refractivity contribution is 5.92. The number of nitrogens with zero attached hydrogens (tertiary/aromatic N) is 2. The highest BCUT2D eigenvalue weighted by atomic mass is 16.4. The summed E-state index contributed by atoms with van der Waals surface area (Å²) in [6.07, 6.45) is 1.90. The molecule has 3 atom stereocenters. The van der Waals surface area contributed by atoms with Crippen LogP contribution in [0.3, 0.4) is 0 Å². The van der Waals surface area contributed by atoms with Crippen molar-refractivity contribution in [2.75, 3.05) is 19.7 Å². The van der Waals surface area contributed by atoms with E-state index >= 15 is 0 Å². The third-order valence-corrected chi connectivity index (χ3v) is 3.92. The molecule has 0 saturated carbocycles. The minimum absolute atomic E-state index is 0.0342. The molecular weight excluding hydrogens is 332 g/mol. The smallest absolute Gasteiger partial charge is 0.328 e. The molecule has 11 nitrogen and oxygen atoms in total. The van der Waals surface area contributed by atoms with Gasteiger partial charge in [0.1, 0.15) is 12.1 Å². The number of carbonyl (C=O) groups excluding carboxylic acids is 2. The standard InChI is InChI=1S/C14H26N6O5/c15-8(3-1-5-18-14(16)17)12(23)20-6-2-4-10(20)11(22)19-9(7-21)13(24)25/h8-10,21H,1-7,15H2,(H,19,22)(H,24,25)(H4,16,17,18)/t8-,9-,10-/m0/s1. The van der Waals surface area contributed by atoms with E-state index in [2.05, 4.69) is 10.3 Å². The Balaban J connectivity index is 2.60. The lowest BCUT2D eigenvalue weighted by Crippen LogP contribution is -2.54. The molecule has 0 radical (unpaired) electrons. The summed E-state index contributed by atoms with van der Waals surface area (Å²) in [5, 5.41) is 20.1. The van der Waals surface area contributed by atoms with E-state index in [9.17, 15) is 14.4 Å². The molecular formula is C14H26N6O5. The van der Waals surface area contributed by atoms with Gasteiger partial charge in [0, 0.05) is 13.1 Å². The molecule has 0 spiro atoms. The average Bonchev–Trinajstić information content (AvgIpc) is 3.04. The van der Waals surface area contributed by atoms with Gasteiger partial charge >= 0.3 is 5.97 Å². The van der Waals surface area contributed by atoms with Crippen LogP contribution in [0.1, 0.15) is 25.7 Å². The van der Waals surface area contributed by atoms with Gasteiger partial charge in [0.2, 0.25) is 11.8 Å².